The van der Waals surface area contributed by atoms with Gasteiger partial charge in [-0.25, -0.2) is 0 Å². The van der Waals surface area contributed by atoms with E-state index in [-0.39, 0.29) is 24.2 Å². The zero-order chi connectivity index (χ0) is 11.1. The van der Waals surface area contributed by atoms with E-state index in [0.717, 1.165) is 6.42 Å². The quantitative estimate of drug-likeness (QED) is 0.607. The van der Waals surface area contributed by atoms with Crippen molar-refractivity contribution in [2.75, 3.05) is 13.1 Å². The van der Waals surface area contributed by atoms with Crippen LogP contribution in [0.4, 0.5) is 0 Å². The number of ketones is 1. The van der Waals surface area contributed by atoms with Gasteiger partial charge in [-0.2, -0.15) is 0 Å². The van der Waals surface area contributed by atoms with E-state index in [1.807, 2.05) is 20.8 Å². The predicted octanol–water partition coefficient (Wildman–Crippen LogP) is 1.64. The number of Topliss-reactive ketones (excluding diaryl/α,β-unsaturated/α-hetero) is 1. The van der Waals surface area contributed by atoms with Crippen LogP contribution >= 0.6 is 0 Å². The summed E-state index contributed by atoms with van der Waals surface area (Å²) in [5.74, 6) is -0.0959. The Bertz CT molecular complexity index is 221. The predicted molar refractivity (Wildman–Crippen MR) is 56.9 cm³/mol. The van der Waals surface area contributed by atoms with Crippen molar-refractivity contribution >= 4 is 11.7 Å². The third kappa shape index (κ3) is 4.21. The summed E-state index contributed by atoms with van der Waals surface area (Å²) in [6, 6.07) is 0. The Morgan fingerprint density at radius 3 is 2.36 bits per heavy atom. The minimum absolute atomic E-state index is 0.0213. The monoisotopic (exact) mass is 197 g/mol. The fourth-order valence-corrected chi connectivity index (χ4v) is 1.04. The molecule has 0 saturated heterocycles. The van der Waals surface area contributed by atoms with E-state index in [0.29, 0.717) is 6.54 Å². The molecule has 0 bridgehead atoms. The maximum Gasteiger partial charge on any atom is 0.246 e. The molecule has 0 saturated carbocycles. The fraction of sp³-hybridized carbons (Fsp3) is 0.636. The SMILES string of the molecule is C=CC(=O)N(CCC)CC(=O)C(C)C. The second-order valence-electron chi connectivity index (χ2n) is 3.58. The van der Waals surface area contributed by atoms with Crippen molar-refractivity contribution in [3.05, 3.63) is 12.7 Å². The minimum Gasteiger partial charge on any atom is -0.332 e. The van der Waals surface area contributed by atoms with Crippen LogP contribution < -0.4 is 0 Å². The molecule has 0 spiro atoms. The van der Waals surface area contributed by atoms with Crippen molar-refractivity contribution in [2.24, 2.45) is 5.92 Å². The highest BCUT2D eigenvalue weighted by Crippen LogP contribution is 2.00. The van der Waals surface area contributed by atoms with Gasteiger partial charge in [0, 0.05) is 12.5 Å². The van der Waals surface area contributed by atoms with E-state index in [1.165, 1.54) is 11.0 Å². The van der Waals surface area contributed by atoms with Gasteiger partial charge in [0.1, 0.15) is 0 Å². The summed E-state index contributed by atoms with van der Waals surface area (Å²) in [5, 5.41) is 0. The first-order chi connectivity index (χ1) is 6.52. The third-order valence-corrected chi connectivity index (χ3v) is 1.97. The Kier molecular flexibility index (Phi) is 5.84. The molecule has 0 aromatic heterocycles. The summed E-state index contributed by atoms with van der Waals surface area (Å²) in [5.41, 5.74) is 0. The average Bonchev–Trinajstić information content (AvgIpc) is 2.15. The summed E-state index contributed by atoms with van der Waals surface area (Å²) in [4.78, 5) is 24.3. The Morgan fingerprint density at radius 1 is 1.43 bits per heavy atom. The smallest absolute Gasteiger partial charge is 0.246 e. The second kappa shape index (κ2) is 6.35. The molecule has 0 radical (unpaired) electrons. The van der Waals surface area contributed by atoms with Crippen LogP contribution in [0, 0.1) is 5.92 Å². The molecule has 0 N–H and O–H groups in total. The molecule has 0 aliphatic carbocycles. The highest BCUT2D eigenvalue weighted by molar-refractivity contribution is 5.91. The summed E-state index contributed by atoms with van der Waals surface area (Å²) in [7, 11) is 0. The Hall–Kier alpha value is -1.12. The standard InChI is InChI=1S/C11H19NO2/c1-5-7-12(11(14)6-2)8-10(13)9(3)4/h6,9H,2,5,7-8H2,1,3-4H3. The number of hydrogen-bond donors (Lipinski definition) is 0. The summed E-state index contributed by atoms with van der Waals surface area (Å²) < 4.78 is 0. The van der Waals surface area contributed by atoms with Crippen LogP contribution in [-0.2, 0) is 9.59 Å². The highest BCUT2D eigenvalue weighted by atomic mass is 16.2. The van der Waals surface area contributed by atoms with Crippen LogP contribution in [-0.4, -0.2) is 29.7 Å². The molecule has 0 heterocycles. The molecule has 0 aliphatic heterocycles. The average molecular weight is 197 g/mol. The molecule has 0 unspecified atom stereocenters. The topological polar surface area (TPSA) is 37.4 Å². The lowest BCUT2D eigenvalue weighted by molar-refractivity contribution is -0.132. The van der Waals surface area contributed by atoms with Crippen LogP contribution in [0.1, 0.15) is 27.2 Å². The van der Waals surface area contributed by atoms with E-state index in [9.17, 15) is 9.59 Å². The van der Waals surface area contributed by atoms with Gasteiger partial charge < -0.3 is 4.90 Å². The van der Waals surface area contributed by atoms with E-state index in [1.54, 1.807) is 0 Å². The first-order valence-corrected chi connectivity index (χ1v) is 4.97. The normalized spacial score (nSPS) is 10.0. The number of amides is 1. The van der Waals surface area contributed by atoms with Crippen molar-refractivity contribution in [1.29, 1.82) is 0 Å². The first kappa shape index (κ1) is 12.9. The molecule has 80 valence electrons. The van der Waals surface area contributed by atoms with Crippen LogP contribution in [0.3, 0.4) is 0 Å². The van der Waals surface area contributed by atoms with E-state index >= 15 is 0 Å². The van der Waals surface area contributed by atoms with Gasteiger partial charge >= 0.3 is 0 Å². The van der Waals surface area contributed by atoms with Gasteiger partial charge in [-0.15, -0.1) is 0 Å². The molecule has 3 heteroatoms. The second-order valence-corrected chi connectivity index (χ2v) is 3.58. The number of hydrogen-bond acceptors (Lipinski definition) is 2. The molecule has 14 heavy (non-hydrogen) atoms. The lowest BCUT2D eigenvalue weighted by atomic mass is 10.1. The maximum atomic E-state index is 11.4. The van der Waals surface area contributed by atoms with Crippen molar-refractivity contribution in [2.45, 2.75) is 27.2 Å². The van der Waals surface area contributed by atoms with Crippen molar-refractivity contribution in [3.63, 3.8) is 0 Å². The third-order valence-electron chi connectivity index (χ3n) is 1.97. The van der Waals surface area contributed by atoms with Gasteiger partial charge in [0.25, 0.3) is 0 Å². The molecular weight excluding hydrogens is 178 g/mol. The number of nitrogens with zero attached hydrogens (tertiary/aromatic N) is 1. The van der Waals surface area contributed by atoms with E-state index in [4.69, 9.17) is 0 Å². The van der Waals surface area contributed by atoms with Crippen LogP contribution in [0.25, 0.3) is 0 Å². The van der Waals surface area contributed by atoms with Crippen LogP contribution in [0.5, 0.6) is 0 Å². The highest BCUT2D eigenvalue weighted by Gasteiger charge is 2.15. The van der Waals surface area contributed by atoms with Crippen LogP contribution in [0.15, 0.2) is 12.7 Å². The van der Waals surface area contributed by atoms with Crippen molar-refractivity contribution in [1.82, 2.24) is 4.90 Å². The maximum absolute atomic E-state index is 11.4. The summed E-state index contributed by atoms with van der Waals surface area (Å²) in [6.07, 6.45) is 2.11. The fourth-order valence-electron chi connectivity index (χ4n) is 1.04. The van der Waals surface area contributed by atoms with Crippen molar-refractivity contribution in [3.8, 4) is 0 Å². The Labute approximate surface area is 85.8 Å². The van der Waals surface area contributed by atoms with Gasteiger partial charge in [-0.05, 0) is 12.5 Å². The van der Waals surface area contributed by atoms with E-state index < -0.39 is 0 Å². The number of carbonyl (C=O) groups is 2. The zero-order valence-electron chi connectivity index (χ0n) is 9.25. The summed E-state index contributed by atoms with van der Waals surface area (Å²) >= 11 is 0. The number of rotatable bonds is 6. The van der Waals surface area contributed by atoms with Gasteiger partial charge in [0.2, 0.25) is 5.91 Å². The van der Waals surface area contributed by atoms with Crippen molar-refractivity contribution < 1.29 is 9.59 Å². The Morgan fingerprint density at radius 2 is 2.00 bits per heavy atom. The van der Waals surface area contributed by atoms with Gasteiger partial charge in [-0.1, -0.05) is 27.4 Å². The van der Waals surface area contributed by atoms with Gasteiger partial charge in [-0.3, -0.25) is 9.59 Å². The molecule has 3 nitrogen and oxygen atoms in total. The molecule has 0 rings (SSSR count). The zero-order valence-corrected chi connectivity index (χ0v) is 9.25. The Balaban J connectivity index is 4.29. The molecule has 0 atom stereocenters. The first-order valence-electron chi connectivity index (χ1n) is 4.97. The molecule has 0 aliphatic rings. The molecule has 0 fully saturated rings. The lowest BCUT2D eigenvalue weighted by Crippen LogP contribution is -2.36. The summed E-state index contributed by atoms with van der Waals surface area (Å²) in [6.45, 7) is 9.88. The molecular formula is C11H19NO2. The molecule has 1 amide bonds. The van der Waals surface area contributed by atoms with Gasteiger partial charge in [0.05, 0.1) is 6.54 Å². The largest absolute Gasteiger partial charge is 0.332 e. The molecule has 0 aromatic carbocycles. The molecule has 0 aromatic rings. The van der Waals surface area contributed by atoms with Crippen LogP contribution in [0.2, 0.25) is 0 Å². The minimum atomic E-state index is -0.166. The van der Waals surface area contributed by atoms with E-state index in [2.05, 4.69) is 6.58 Å². The lowest BCUT2D eigenvalue weighted by Gasteiger charge is -2.20. The number of carbonyl (C=O) groups excluding carboxylic acids is 2. The van der Waals surface area contributed by atoms with Gasteiger partial charge in [0.15, 0.2) is 5.78 Å².